The molecule has 7 heteroatoms. The molecule has 0 spiro atoms. The summed E-state index contributed by atoms with van der Waals surface area (Å²) in [5.41, 5.74) is 0. The third-order valence-corrected chi connectivity index (χ3v) is 14.2. The number of allylic oxidation sites excluding steroid dienone is 2. The minimum absolute atomic E-state index is 0.152. The average molecular weight is 555 g/mol. The number of rotatable bonds is 14. The molecule has 1 aromatic rings. The second-order valence-corrected chi connectivity index (χ2v) is 18.4. The third-order valence-electron chi connectivity index (χ3n) is 8.06. The van der Waals surface area contributed by atoms with E-state index >= 15 is 0 Å². The largest absolute Gasteiger partial charge is 0.465 e. The summed E-state index contributed by atoms with van der Waals surface area (Å²) in [6, 6.07) is 3.86. The molecule has 0 unspecified atom stereocenters. The van der Waals surface area contributed by atoms with Gasteiger partial charge in [0.1, 0.15) is 4.88 Å². The van der Waals surface area contributed by atoms with Crippen molar-refractivity contribution >= 4 is 43.0 Å². The number of alkyl halides is 1. The number of esters is 1. The van der Waals surface area contributed by atoms with E-state index in [9.17, 15) is 9.59 Å². The number of thiophene rings is 1. The molecular formula is C29H47ClO4SSi. The summed E-state index contributed by atoms with van der Waals surface area (Å²) in [5, 5.41) is 0.392. The zero-order chi connectivity index (χ0) is 26.9. The number of unbranched alkanes of at least 4 members (excludes halogenated alkanes) is 2. The summed E-state index contributed by atoms with van der Waals surface area (Å²) in [5.74, 6) is 1.17. The molecule has 1 fully saturated rings. The highest BCUT2D eigenvalue weighted by atomic mass is 35.5. The summed E-state index contributed by atoms with van der Waals surface area (Å²) < 4.78 is 11.0. The Morgan fingerprint density at radius 2 is 1.89 bits per heavy atom. The van der Waals surface area contributed by atoms with Crippen LogP contribution in [-0.4, -0.2) is 39.2 Å². The van der Waals surface area contributed by atoms with Crippen LogP contribution in [0.3, 0.4) is 0 Å². The van der Waals surface area contributed by atoms with Gasteiger partial charge in [0.15, 0.2) is 14.1 Å². The lowest BCUT2D eigenvalue weighted by molar-refractivity contribution is -0.114. The Labute approximate surface area is 229 Å². The first-order valence-electron chi connectivity index (χ1n) is 13.5. The lowest BCUT2D eigenvalue weighted by Crippen LogP contribution is -2.40. The van der Waals surface area contributed by atoms with Gasteiger partial charge < -0.3 is 9.16 Å². The fraction of sp³-hybridized carbons (Fsp3) is 0.724. The molecule has 204 valence electrons. The van der Waals surface area contributed by atoms with Gasteiger partial charge in [-0.25, -0.2) is 4.79 Å². The van der Waals surface area contributed by atoms with Crippen LogP contribution in [0, 0.1) is 17.8 Å². The predicted molar refractivity (Wildman–Crippen MR) is 155 cm³/mol. The van der Waals surface area contributed by atoms with Gasteiger partial charge in [-0.05, 0) is 92.6 Å². The summed E-state index contributed by atoms with van der Waals surface area (Å²) in [7, 11) is -0.264. The first-order chi connectivity index (χ1) is 16.9. The third kappa shape index (κ3) is 9.41. The van der Waals surface area contributed by atoms with Crippen molar-refractivity contribution < 1.29 is 18.8 Å². The van der Waals surface area contributed by atoms with Crippen LogP contribution in [0.25, 0.3) is 0 Å². The van der Waals surface area contributed by atoms with E-state index in [1.807, 2.05) is 18.2 Å². The fourth-order valence-electron chi connectivity index (χ4n) is 4.71. The maximum absolute atomic E-state index is 12.5. The van der Waals surface area contributed by atoms with Crippen molar-refractivity contribution in [2.75, 3.05) is 13.7 Å². The molecule has 0 N–H and O–H groups in total. The smallest absolute Gasteiger partial charge is 0.348 e. The van der Waals surface area contributed by atoms with Crippen LogP contribution in [0.15, 0.2) is 24.3 Å². The molecule has 1 aliphatic rings. The molecule has 2 rings (SSSR count). The maximum atomic E-state index is 12.5. The Balaban J connectivity index is 1.74. The number of hydrogen-bond donors (Lipinski definition) is 0. The zero-order valence-corrected chi connectivity index (χ0v) is 26.0. The van der Waals surface area contributed by atoms with Crippen molar-refractivity contribution in [2.24, 2.45) is 17.8 Å². The van der Waals surface area contributed by atoms with Gasteiger partial charge in [-0.3, -0.25) is 4.79 Å². The Kier molecular flexibility index (Phi) is 12.4. The molecule has 0 aliphatic heterocycles. The van der Waals surface area contributed by atoms with E-state index in [4.69, 9.17) is 20.8 Å². The van der Waals surface area contributed by atoms with E-state index in [1.54, 1.807) is 0 Å². The average Bonchev–Trinajstić information content (AvgIpc) is 3.37. The Hall–Kier alpha value is -0.953. The van der Waals surface area contributed by atoms with E-state index in [0.29, 0.717) is 29.1 Å². The number of halogens is 1. The first-order valence-corrected chi connectivity index (χ1v) is 17.7. The highest BCUT2D eigenvalue weighted by molar-refractivity contribution is 7.13. The van der Waals surface area contributed by atoms with Gasteiger partial charge in [0.25, 0.3) is 0 Å². The minimum Gasteiger partial charge on any atom is -0.465 e. The predicted octanol–water partition coefficient (Wildman–Crippen LogP) is 8.44. The summed E-state index contributed by atoms with van der Waals surface area (Å²) in [6.07, 6.45) is 11.5. The van der Waals surface area contributed by atoms with Gasteiger partial charge in [0, 0.05) is 23.3 Å². The molecule has 1 aromatic heterocycles. The van der Waals surface area contributed by atoms with Gasteiger partial charge in [0.2, 0.25) is 0 Å². The number of carbonyl (C=O) groups is 2. The molecule has 1 saturated carbocycles. The van der Waals surface area contributed by atoms with Crippen LogP contribution in [0.4, 0.5) is 0 Å². The van der Waals surface area contributed by atoms with Gasteiger partial charge in [0.05, 0.1) is 7.11 Å². The number of methoxy groups -OCH3 is 1. The van der Waals surface area contributed by atoms with E-state index in [0.717, 1.165) is 51.6 Å². The van der Waals surface area contributed by atoms with Crippen molar-refractivity contribution in [3.63, 3.8) is 0 Å². The van der Waals surface area contributed by atoms with Gasteiger partial charge in [-0.1, -0.05) is 40.2 Å². The molecule has 4 nitrogen and oxygen atoms in total. The zero-order valence-electron chi connectivity index (χ0n) is 23.4. The highest BCUT2D eigenvalue weighted by Crippen LogP contribution is 2.43. The molecule has 0 bridgehead atoms. The molecule has 0 radical (unpaired) electrons. The van der Waals surface area contributed by atoms with Crippen molar-refractivity contribution in [3.8, 4) is 0 Å². The molecule has 0 aromatic carbocycles. The van der Waals surface area contributed by atoms with E-state index in [1.165, 1.54) is 23.3 Å². The van der Waals surface area contributed by atoms with Crippen LogP contribution in [0.5, 0.6) is 0 Å². The van der Waals surface area contributed by atoms with Gasteiger partial charge in [-0.15, -0.1) is 22.9 Å². The van der Waals surface area contributed by atoms with Crippen molar-refractivity contribution in [1.29, 1.82) is 0 Å². The number of hydrogen-bond acceptors (Lipinski definition) is 5. The van der Waals surface area contributed by atoms with E-state index < -0.39 is 8.32 Å². The van der Waals surface area contributed by atoms with Crippen molar-refractivity contribution in [3.05, 3.63) is 34.0 Å². The van der Waals surface area contributed by atoms with Crippen molar-refractivity contribution in [1.82, 2.24) is 0 Å². The summed E-state index contributed by atoms with van der Waals surface area (Å²) in [4.78, 5) is 26.0. The normalized spacial score (nSPS) is 22.9. The molecule has 1 heterocycles. The molecule has 0 saturated heterocycles. The second-order valence-electron chi connectivity index (χ2n) is 11.9. The maximum Gasteiger partial charge on any atom is 0.348 e. The lowest BCUT2D eigenvalue weighted by Gasteiger charge is -2.36. The van der Waals surface area contributed by atoms with Crippen LogP contribution in [0.2, 0.25) is 18.1 Å². The number of ether oxygens (including phenoxy) is 1. The molecule has 1 aliphatic carbocycles. The standard InChI is InChI=1S/C29H47ClO4SSi/c1-21-20-26(30)25(14-11-13-23-16-18-27(35-23)28(32)33-5)24(21)17-15-22(31)12-9-8-10-19-34-36(6,7)29(2,3)4/h15-18,21,24-26H,8-14,19-20H2,1-7H3/b17-15+/t21-,24+,25-,26-/m1/s1. The lowest BCUT2D eigenvalue weighted by atomic mass is 9.86. The number of carbonyl (C=O) groups excluding carboxylic acids is 2. The first kappa shape index (κ1) is 31.3. The summed E-state index contributed by atoms with van der Waals surface area (Å²) >= 11 is 8.24. The van der Waals surface area contributed by atoms with E-state index in [-0.39, 0.29) is 22.2 Å². The summed E-state index contributed by atoms with van der Waals surface area (Å²) in [6.45, 7) is 14.4. The van der Waals surface area contributed by atoms with Crippen LogP contribution < -0.4 is 0 Å². The topological polar surface area (TPSA) is 52.6 Å². The van der Waals surface area contributed by atoms with Crippen LogP contribution >= 0.6 is 22.9 Å². The number of ketones is 1. The van der Waals surface area contributed by atoms with E-state index in [2.05, 4.69) is 46.9 Å². The van der Waals surface area contributed by atoms with Crippen molar-refractivity contribution in [2.45, 2.75) is 103 Å². The second kappa shape index (κ2) is 14.3. The SMILES string of the molecule is COC(=O)c1ccc(CCC[C@@H]2[C@@H](/C=C/C(=O)CCCCCO[Si](C)(C)C(C)(C)C)[C@H](C)C[C@H]2Cl)s1. The molecule has 0 amide bonds. The van der Waals surface area contributed by atoms with Crippen LogP contribution in [-0.2, 0) is 20.4 Å². The minimum atomic E-state index is -1.67. The van der Waals surface area contributed by atoms with Crippen LogP contribution in [0.1, 0.15) is 87.2 Å². The number of aryl methyl sites for hydroxylation is 1. The highest BCUT2D eigenvalue weighted by Gasteiger charge is 2.38. The Bertz CT molecular complexity index is 873. The molecular weight excluding hydrogens is 508 g/mol. The van der Waals surface area contributed by atoms with Gasteiger partial charge in [-0.2, -0.15) is 0 Å². The Morgan fingerprint density at radius 3 is 2.56 bits per heavy atom. The quantitative estimate of drug-likeness (QED) is 0.0760. The molecule has 4 atom stereocenters. The van der Waals surface area contributed by atoms with Gasteiger partial charge >= 0.3 is 5.97 Å². The molecule has 36 heavy (non-hydrogen) atoms. The fourth-order valence-corrected chi connectivity index (χ4v) is 7.34. The monoisotopic (exact) mass is 554 g/mol. The Morgan fingerprint density at radius 1 is 1.17 bits per heavy atom.